The van der Waals surface area contributed by atoms with Gasteiger partial charge in [-0.05, 0) is 37.1 Å². The molecule has 1 aromatic carbocycles. The van der Waals surface area contributed by atoms with Gasteiger partial charge in [-0.3, -0.25) is 4.79 Å². The van der Waals surface area contributed by atoms with E-state index in [0.29, 0.717) is 45.0 Å². The second-order valence-corrected chi connectivity index (χ2v) is 10.3. The lowest BCUT2D eigenvalue weighted by Gasteiger charge is -2.36. The molecule has 0 saturated carbocycles. The zero-order chi connectivity index (χ0) is 20.2. The second-order valence-electron chi connectivity index (χ2n) is 6.53. The summed E-state index contributed by atoms with van der Waals surface area (Å²) in [5.41, 5.74) is 2.28. The average molecular weight is 478 g/mol. The van der Waals surface area contributed by atoms with Crippen molar-refractivity contribution in [2.45, 2.75) is 32.6 Å². The molecular weight excluding hydrogens is 450 g/mol. The normalized spacial score (nSPS) is 16.1. The van der Waals surface area contributed by atoms with Crippen molar-refractivity contribution in [2.75, 3.05) is 45.0 Å². The summed E-state index contributed by atoms with van der Waals surface area (Å²) in [6.45, 7) is 10.3. The van der Waals surface area contributed by atoms with E-state index in [9.17, 15) is 13.2 Å². The zero-order valence-electron chi connectivity index (χ0n) is 16.4. The van der Waals surface area contributed by atoms with Gasteiger partial charge in [0.05, 0.1) is 5.75 Å². The highest BCUT2D eigenvalue weighted by Crippen LogP contribution is 2.28. The summed E-state index contributed by atoms with van der Waals surface area (Å²) in [5.74, 6) is 0.421. The molecule has 1 aliphatic heterocycles. The first-order chi connectivity index (χ1) is 12.7. The Morgan fingerprint density at radius 2 is 1.70 bits per heavy atom. The minimum absolute atomic E-state index is 0.0554. The van der Waals surface area contributed by atoms with Crippen LogP contribution in [0.15, 0.2) is 21.5 Å². The summed E-state index contributed by atoms with van der Waals surface area (Å²) >= 11 is 5.06. The van der Waals surface area contributed by atoms with E-state index in [4.69, 9.17) is 0 Å². The Labute approximate surface area is 175 Å². The fraction of sp³-hybridized carbons (Fsp3) is 0.611. The maximum Gasteiger partial charge on any atom is 0.282 e. The fourth-order valence-electron chi connectivity index (χ4n) is 3.02. The molecular formula is C18H28BrN3O3S2. The van der Waals surface area contributed by atoms with E-state index in [0.717, 1.165) is 20.5 Å². The summed E-state index contributed by atoms with van der Waals surface area (Å²) in [6, 6.07) is 4.16. The van der Waals surface area contributed by atoms with Crippen LogP contribution in [0.5, 0.6) is 0 Å². The molecule has 0 aromatic heterocycles. The molecule has 1 aliphatic rings. The topological polar surface area (TPSA) is 60.9 Å². The first-order valence-corrected chi connectivity index (χ1v) is 12.3. The third kappa shape index (κ3) is 5.47. The number of aryl methyl sites for hydroxylation is 2. The molecule has 9 heteroatoms. The molecule has 0 unspecified atom stereocenters. The van der Waals surface area contributed by atoms with E-state index in [-0.39, 0.29) is 5.91 Å². The molecule has 27 heavy (non-hydrogen) atoms. The van der Waals surface area contributed by atoms with Crippen LogP contribution in [0.3, 0.4) is 0 Å². The second kappa shape index (κ2) is 9.73. The van der Waals surface area contributed by atoms with Crippen molar-refractivity contribution in [3.05, 3.63) is 27.7 Å². The zero-order valence-corrected chi connectivity index (χ0v) is 19.6. The summed E-state index contributed by atoms with van der Waals surface area (Å²) in [5, 5.41) is 0. The Hall–Kier alpha value is -0.610. The Morgan fingerprint density at radius 1 is 1.11 bits per heavy atom. The van der Waals surface area contributed by atoms with E-state index < -0.39 is 10.2 Å². The van der Waals surface area contributed by atoms with E-state index >= 15 is 0 Å². The van der Waals surface area contributed by atoms with Crippen molar-refractivity contribution in [3.63, 3.8) is 0 Å². The maximum atomic E-state index is 12.6. The minimum Gasteiger partial charge on any atom is -0.339 e. The molecule has 152 valence electrons. The van der Waals surface area contributed by atoms with Gasteiger partial charge in [-0.15, -0.1) is 11.8 Å². The third-order valence-corrected chi connectivity index (χ3v) is 8.94. The highest BCUT2D eigenvalue weighted by Gasteiger charge is 2.32. The van der Waals surface area contributed by atoms with Gasteiger partial charge in [-0.2, -0.15) is 17.0 Å². The molecule has 0 N–H and O–H groups in total. The molecule has 0 radical (unpaired) electrons. The van der Waals surface area contributed by atoms with Gasteiger partial charge in [-0.1, -0.05) is 29.8 Å². The van der Waals surface area contributed by atoms with Gasteiger partial charge in [-0.25, -0.2) is 0 Å². The first-order valence-electron chi connectivity index (χ1n) is 9.13. The van der Waals surface area contributed by atoms with Gasteiger partial charge in [0.2, 0.25) is 5.91 Å². The summed E-state index contributed by atoms with van der Waals surface area (Å²) in [6.07, 6.45) is 0. The van der Waals surface area contributed by atoms with Crippen LogP contribution < -0.4 is 0 Å². The highest BCUT2D eigenvalue weighted by atomic mass is 79.9. The van der Waals surface area contributed by atoms with Gasteiger partial charge in [0.25, 0.3) is 10.2 Å². The Kier molecular flexibility index (Phi) is 8.18. The number of amides is 1. The predicted octanol–water partition coefficient (Wildman–Crippen LogP) is 2.89. The van der Waals surface area contributed by atoms with Crippen LogP contribution >= 0.6 is 27.7 Å². The first kappa shape index (κ1) is 22.7. The molecule has 0 spiro atoms. The lowest BCUT2D eigenvalue weighted by atomic mass is 10.2. The predicted molar refractivity (Wildman–Crippen MR) is 114 cm³/mol. The van der Waals surface area contributed by atoms with E-state index in [1.54, 1.807) is 4.90 Å². The maximum absolute atomic E-state index is 12.6. The van der Waals surface area contributed by atoms with Gasteiger partial charge in [0.1, 0.15) is 0 Å². The largest absolute Gasteiger partial charge is 0.339 e. The minimum atomic E-state index is -3.42. The highest BCUT2D eigenvalue weighted by molar-refractivity contribution is 9.10. The lowest BCUT2D eigenvalue weighted by molar-refractivity contribution is -0.129. The lowest BCUT2D eigenvalue weighted by Crippen LogP contribution is -2.54. The van der Waals surface area contributed by atoms with Crippen molar-refractivity contribution < 1.29 is 13.2 Å². The van der Waals surface area contributed by atoms with Gasteiger partial charge in [0, 0.05) is 48.6 Å². The fourth-order valence-corrected chi connectivity index (χ4v) is 6.09. The number of carbonyl (C=O) groups is 1. The number of piperazine rings is 1. The summed E-state index contributed by atoms with van der Waals surface area (Å²) < 4.78 is 29.2. The molecule has 1 aromatic rings. The molecule has 0 bridgehead atoms. The van der Waals surface area contributed by atoms with Crippen LogP contribution in [0, 0.1) is 13.8 Å². The molecule has 0 aliphatic carbocycles. The van der Waals surface area contributed by atoms with Gasteiger partial charge >= 0.3 is 0 Å². The average Bonchev–Trinajstić information content (AvgIpc) is 2.64. The SMILES string of the molecule is CCN(CC)S(=O)(=O)N1CCN(C(=O)CSc2cc(C)c(Br)cc2C)CC1. The third-order valence-electron chi connectivity index (χ3n) is 4.76. The van der Waals surface area contributed by atoms with Crippen molar-refractivity contribution >= 4 is 43.8 Å². The smallest absolute Gasteiger partial charge is 0.282 e. The molecule has 1 saturated heterocycles. The molecule has 1 fully saturated rings. The number of hydrogen-bond acceptors (Lipinski definition) is 4. The van der Waals surface area contributed by atoms with Gasteiger partial charge < -0.3 is 4.90 Å². The number of carbonyl (C=O) groups excluding carboxylic acids is 1. The Balaban J connectivity index is 1.91. The van der Waals surface area contributed by atoms with Gasteiger partial charge in [0.15, 0.2) is 0 Å². The van der Waals surface area contributed by atoms with E-state index in [1.807, 2.05) is 27.7 Å². The number of halogens is 1. The number of rotatable bonds is 7. The van der Waals surface area contributed by atoms with Crippen LogP contribution in [0.4, 0.5) is 0 Å². The molecule has 0 atom stereocenters. The van der Waals surface area contributed by atoms with Crippen molar-refractivity contribution in [1.82, 2.24) is 13.5 Å². The molecule has 2 rings (SSSR count). The molecule has 1 heterocycles. The van der Waals surface area contributed by atoms with Crippen molar-refractivity contribution in [2.24, 2.45) is 0 Å². The van der Waals surface area contributed by atoms with Crippen LogP contribution in [0.25, 0.3) is 0 Å². The number of nitrogens with zero attached hydrogens (tertiary/aromatic N) is 3. The van der Waals surface area contributed by atoms with E-state index in [1.165, 1.54) is 20.4 Å². The summed E-state index contributed by atoms with van der Waals surface area (Å²) in [4.78, 5) is 15.4. The summed E-state index contributed by atoms with van der Waals surface area (Å²) in [7, 11) is -3.42. The van der Waals surface area contributed by atoms with Crippen molar-refractivity contribution in [1.29, 1.82) is 0 Å². The van der Waals surface area contributed by atoms with Crippen LogP contribution in [-0.4, -0.2) is 72.9 Å². The number of thioether (sulfide) groups is 1. The molecule has 6 nitrogen and oxygen atoms in total. The standard InChI is InChI=1S/C18H28BrN3O3S2/c1-5-21(6-2)27(24,25)22-9-7-20(8-10-22)18(23)13-26-17-12-14(3)16(19)11-15(17)4/h11-12H,5-10,13H2,1-4H3. The van der Waals surface area contributed by atoms with E-state index in [2.05, 4.69) is 28.1 Å². The van der Waals surface area contributed by atoms with Crippen LogP contribution in [0.1, 0.15) is 25.0 Å². The number of benzene rings is 1. The number of hydrogen-bond donors (Lipinski definition) is 0. The van der Waals surface area contributed by atoms with Crippen LogP contribution in [0.2, 0.25) is 0 Å². The van der Waals surface area contributed by atoms with Crippen LogP contribution in [-0.2, 0) is 15.0 Å². The Morgan fingerprint density at radius 3 is 2.26 bits per heavy atom. The van der Waals surface area contributed by atoms with Crippen molar-refractivity contribution in [3.8, 4) is 0 Å². The molecule has 1 amide bonds. The Bertz CT molecular complexity index is 774. The quantitative estimate of drug-likeness (QED) is 0.566. The monoisotopic (exact) mass is 477 g/mol.